The number of hydrogen-bond donors (Lipinski definition) is 3. The second-order valence-corrected chi connectivity index (χ2v) is 3.21. The quantitative estimate of drug-likeness (QED) is 0.333. The number of carbonyl (C=O) groups is 1. The lowest BCUT2D eigenvalue weighted by Gasteiger charge is -2.16. The molecule has 0 saturated carbocycles. The summed E-state index contributed by atoms with van der Waals surface area (Å²) >= 11 is 0. The highest BCUT2D eigenvalue weighted by Crippen LogP contribution is 2.19. The van der Waals surface area contributed by atoms with Gasteiger partial charge in [0, 0.05) is 6.54 Å². The van der Waals surface area contributed by atoms with Crippen LogP contribution in [-0.2, 0) is 6.42 Å². The molecule has 1 aliphatic heterocycles. The van der Waals surface area contributed by atoms with Gasteiger partial charge in [-0.1, -0.05) is 6.07 Å². The Labute approximate surface area is 81.7 Å². The highest BCUT2D eigenvalue weighted by molar-refractivity contribution is 5.92. The number of nitrogen functional groups attached to an aromatic ring is 1. The molecule has 0 atom stereocenters. The zero-order valence-corrected chi connectivity index (χ0v) is 7.71. The summed E-state index contributed by atoms with van der Waals surface area (Å²) in [5, 5.41) is 3.15. The third-order valence-electron chi connectivity index (χ3n) is 2.26. The van der Waals surface area contributed by atoms with Gasteiger partial charge in [0.15, 0.2) is 0 Å². The average Bonchev–Trinajstić information content (AvgIpc) is 2.27. The standard InChI is InChI=1S/C9H12N4O/c10-13-9(14)7-4-3-6-2-1-5-11-8(6)12-7/h3-4H,1-2,5,10H2,(H,11,12)(H,13,14). The molecule has 74 valence electrons. The fourth-order valence-electron chi connectivity index (χ4n) is 1.53. The van der Waals surface area contributed by atoms with Crippen molar-refractivity contribution < 1.29 is 4.79 Å². The first-order valence-corrected chi connectivity index (χ1v) is 4.56. The monoisotopic (exact) mass is 192 g/mol. The van der Waals surface area contributed by atoms with Crippen LogP contribution in [0.2, 0.25) is 0 Å². The molecule has 0 fully saturated rings. The van der Waals surface area contributed by atoms with Crippen molar-refractivity contribution >= 4 is 11.7 Å². The number of nitrogens with one attached hydrogen (secondary N) is 2. The number of aryl methyl sites for hydroxylation is 1. The van der Waals surface area contributed by atoms with Gasteiger partial charge in [-0.05, 0) is 24.5 Å². The number of nitrogens with zero attached hydrogens (tertiary/aromatic N) is 1. The minimum atomic E-state index is -0.361. The van der Waals surface area contributed by atoms with Crippen molar-refractivity contribution in [1.29, 1.82) is 0 Å². The van der Waals surface area contributed by atoms with E-state index in [1.165, 1.54) is 0 Å². The summed E-state index contributed by atoms with van der Waals surface area (Å²) in [5.41, 5.74) is 3.56. The van der Waals surface area contributed by atoms with Gasteiger partial charge in [-0.3, -0.25) is 10.2 Å². The summed E-state index contributed by atoms with van der Waals surface area (Å²) in [6.07, 6.45) is 2.12. The maximum atomic E-state index is 11.2. The molecule has 0 saturated heterocycles. The zero-order valence-electron chi connectivity index (χ0n) is 7.71. The van der Waals surface area contributed by atoms with Gasteiger partial charge in [0.1, 0.15) is 11.5 Å². The number of nitrogens with two attached hydrogens (primary N) is 1. The molecule has 2 heterocycles. The minimum absolute atomic E-state index is 0.348. The van der Waals surface area contributed by atoms with Crippen LogP contribution in [0.25, 0.3) is 0 Å². The Bertz CT molecular complexity index is 364. The Morgan fingerprint density at radius 3 is 3.21 bits per heavy atom. The van der Waals surface area contributed by atoms with E-state index < -0.39 is 0 Å². The molecule has 1 aliphatic rings. The number of pyridine rings is 1. The van der Waals surface area contributed by atoms with Crippen molar-refractivity contribution in [2.24, 2.45) is 5.84 Å². The van der Waals surface area contributed by atoms with Gasteiger partial charge in [0.25, 0.3) is 5.91 Å². The number of aromatic nitrogens is 1. The lowest BCUT2D eigenvalue weighted by atomic mass is 10.1. The maximum absolute atomic E-state index is 11.2. The molecule has 1 amide bonds. The molecule has 0 aliphatic carbocycles. The normalized spacial score (nSPS) is 14.1. The summed E-state index contributed by atoms with van der Waals surface area (Å²) in [7, 11) is 0. The third-order valence-corrected chi connectivity index (χ3v) is 2.26. The van der Waals surface area contributed by atoms with Crippen LogP contribution < -0.4 is 16.6 Å². The van der Waals surface area contributed by atoms with Crippen LogP contribution in [0.15, 0.2) is 12.1 Å². The first kappa shape index (κ1) is 8.96. The molecule has 1 aromatic heterocycles. The van der Waals surface area contributed by atoms with Crippen molar-refractivity contribution in [3.63, 3.8) is 0 Å². The second-order valence-electron chi connectivity index (χ2n) is 3.21. The van der Waals surface area contributed by atoms with Crippen LogP contribution in [0.3, 0.4) is 0 Å². The van der Waals surface area contributed by atoms with Crippen molar-refractivity contribution in [3.05, 3.63) is 23.4 Å². The van der Waals surface area contributed by atoms with Gasteiger partial charge in [0.05, 0.1) is 0 Å². The SMILES string of the molecule is NNC(=O)c1ccc2c(n1)NCCC2. The maximum Gasteiger partial charge on any atom is 0.283 e. The van der Waals surface area contributed by atoms with E-state index in [0.29, 0.717) is 5.69 Å². The first-order chi connectivity index (χ1) is 6.81. The number of hydrogen-bond acceptors (Lipinski definition) is 4. The number of carbonyl (C=O) groups excluding carboxylic acids is 1. The van der Waals surface area contributed by atoms with Crippen LogP contribution in [0.4, 0.5) is 5.82 Å². The topological polar surface area (TPSA) is 80.0 Å². The van der Waals surface area contributed by atoms with E-state index in [4.69, 9.17) is 5.84 Å². The van der Waals surface area contributed by atoms with Gasteiger partial charge in [-0.2, -0.15) is 0 Å². The van der Waals surface area contributed by atoms with Gasteiger partial charge in [-0.15, -0.1) is 0 Å². The third kappa shape index (κ3) is 1.54. The summed E-state index contributed by atoms with van der Waals surface area (Å²) in [6.45, 7) is 0.910. The van der Waals surface area contributed by atoms with E-state index in [9.17, 15) is 4.79 Å². The van der Waals surface area contributed by atoms with Crippen LogP contribution in [0.5, 0.6) is 0 Å². The molecule has 0 aromatic carbocycles. The molecule has 4 N–H and O–H groups in total. The number of fused-ring (bicyclic) bond motifs is 1. The molecule has 2 rings (SSSR count). The summed E-state index contributed by atoms with van der Waals surface area (Å²) in [6, 6.07) is 3.60. The molecule has 0 radical (unpaired) electrons. The molecule has 1 aromatic rings. The summed E-state index contributed by atoms with van der Waals surface area (Å²) < 4.78 is 0. The van der Waals surface area contributed by atoms with E-state index in [1.54, 1.807) is 6.07 Å². The lowest BCUT2D eigenvalue weighted by Crippen LogP contribution is -2.31. The van der Waals surface area contributed by atoms with Gasteiger partial charge in [0.2, 0.25) is 0 Å². The van der Waals surface area contributed by atoms with Crippen LogP contribution in [0, 0.1) is 0 Å². The van der Waals surface area contributed by atoms with Crippen molar-refractivity contribution in [2.45, 2.75) is 12.8 Å². The molecule has 0 spiro atoms. The van der Waals surface area contributed by atoms with Crippen molar-refractivity contribution in [1.82, 2.24) is 10.4 Å². The summed E-state index contributed by atoms with van der Waals surface area (Å²) in [5.74, 6) is 5.46. The molecular weight excluding hydrogens is 180 g/mol. The number of rotatable bonds is 1. The van der Waals surface area contributed by atoms with Crippen LogP contribution >= 0.6 is 0 Å². The molecule has 0 bridgehead atoms. The fourth-order valence-corrected chi connectivity index (χ4v) is 1.53. The molecule has 5 nitrogen and oxygen atoms in total. The highest BCUT2D eigenvalue weighted by Gasteiger charge is 2.12. The van der Waals surface area contributed by atoms with Crippen molar-refractivity contribution in [2.75, 3.05) is 11.9 Å². The molecular formula is C9H12N4O. The van der Waals surface area contributed by atoms with Crippen molar-refractivity contribution in [3.8, 4) is 0 Å². The average molecular weight is 192 g/mol. The first-order valence-electron chi connectivity index (χ1n) is 4.56. The van der Waals surface area contributed by atoms with Crippen LogP contribution in [0.1, 0.15) is 22.5 Å². The second kappa shape index (κ2) is 3.63. The Hall–Kier alpha value is -1.62. The lowest BCUT2D eigenvalue weighted by molar-refractivity contribution is 0.0949. The Balaban J connectivity index is 2.33. The number of anilines is 1. The molecule has 14 heavy (non-hydrogen) atoms. The molecule has 5 heteroatoms. The summed E-state index contributed by atoms with van der Waals surface area (Å²) in [4.78, 5) is 15.4. The Morgan fingerprint density at radius 1 is 1.57 bits per heavy atom. The highest BCUT2D eigenvalue weighted by atomic mass is 16.2. The van der Waals surface area contributed by atoms with E-state index in [1.807, 2.05) is 6.07 Å². The predicted octanol–water partition coefficient (Wildman–Crippen LogP) is 0.0432. The smallest absolute Gasteiger partial charge is 0.283 e. The molecule has 0 unspecified atom stereocenters. The van der Waals surface area contributed by atoms with Gasteiger partial charge >= 0.3 is 0 Å². The van der Waals surface area contributed by atoms with E-state index >= 15 is 0 Å². The van der Waals surface area contributed by atoms with Gasteiger partial charge in [-0.25, -0.2) is 10.8 Å². The van der Waals surface area contributed by atoms with Gasteiger partial charge < -0.3 is 5.32 Å². The Morgan fingerprint density at radius 2 is 2.43 bits per heavy atom. The number of hydrazine groups is 1. The Kier molecular flexibility index (Phi) is 2.32. The fraction of sp³-hybridized carbons (Fsp3) is 0.333. The zero-order chi connectivity index (χ0) is 9.97. The van der Waals surface area contributed by atoms with E-state index in [2.05, 4.69) is 15.7 Å². The van der Waals surface area contributed by atoms with E-state index in [0.717, 1.165) is 30.8 Å². The van der Waals surface area contributed by atoms with E-state index in [-0.39, 0.29) is 5.91 Å². The largest absolute Gasteiger partial charge is 0.370 e. The van der Waals surface area contributed by atoms with Crippen LogP contribution in [-0.4, -0.2) is 17.4 Å². The minimum Gasteiger partial charge on any atom is -0.370 e. The predicted molar refractivity (Wildman–Crippen MR) is 52.7 cm³/mol. The number of amides is 1.